The molecule has 1 N–H and O–H groups in total. The summed E-state index contributed by atoms with van der Waals surface area (Å²) in [5.74, 6) is 0.544. The monoisotopic (exact) mass is 310 g/mol. The number of rotatable bonds is 6. The highest BCUT2D eigenvalue weighted by atomic mass is 35.5. The molecular formula is C15H16Cl2N2O. The molecule has 0 radical (unpaired) electrons. The number of hydrogen-bond acceptors (Lipinski definition) is 3. The molecule has 0 amide bonds. The van der Waals surface area contributed by atoms with Gasteiger partial charge in [-0.05, 0) is 18.7 Å². The van der Waals surface area contributed by atoms with E-state index in [1.54, 1.807) is 12.1 Å². The van der Waals surface area contributed by atoms with Gasteiger partial charge in [-0.2, -0.15) is 0 Å². The molecule has 0 atom stereocenters. The third-order valence-electron chi connectivity index (χ3n) is 2.77. The molecule has 2 aromatic rings. The third kappa shape index (κ3) is 4.10. The van der Waals surface area contributed by atoms with E-state index in [1.165, 1.54) is 0 Å². The molecule has 5 heteroatoms. The Hall–Kier alpha value is -1.29. The van der Waals surface area contributed by atoms with Crippen molar-refractivity contribution >= 4 is 23.2 Å². The van der Waals surface area contributed by atoms with Gasteiger partial charge < -0.3 is 10.1 Å². The molecule has 0 saturated carbocycles. The van der Waals surface area contributed by atoms with Crippen LogP contribution in [0.15, 0.2) is 36.4 Å². The molecule has 0 aliphatic rings. The number of hydrogen-bond donors (Lipinski definition) is 1. The predicted molar refractivity (Wildman–Crippen MR) is 82.4 cm³/mol. The SMILES string of the molecule is CCNCc1nc(OCc2ccccc2Cl)ccc1Cl. The zero-order valence-electron chi connectivity index (χ0n) is 11.2. The lowest BCUT2D eigenvalue weighted by atomic mass is 10.2. The van der Waals surface area contributed by atoms with Crippen molar-refractivity contribution in [2.24, 2.45) is 0 Å². The Bertz CT molecular complexity index is 576. The molecule has 1 heterocycles. The number of nitrogens with one attached hydrogen (secondary N) is 1. The summed E-state index contributed by atoms with van der Waals surface area (Å²) < 4.78 is 5.67. The van der Waals surface area contributed by atoms with Crippen molar-refractivity contribution in [2.75, 3.05) is 6.54 Å². The molecule has 0 unspecified atom stereocenters. The minimum atomic E-state index is 0.384. The lowest BCUT2D eigenvalue weighted by molar-refractivity contribution is 0.293. The summed E-state index contributed by atoms with van der Waals surface area (Å²) in [6.07, 6.45) is 0. The van der Waals surface area contributed by atoms with Crippen LogP contribution >= 0.6 is 23.2 Å². The highest BCUT2D eigenvalue weighted by molar-refractivity contribution is 6.31. The third-order valence-corrected chi connectivity index (χ3v) is 3.48. The van der Waals surface area contributed by atoms with Gasteiger partial charge in [0, 0.05) is 23.2 Å². The Kier molecular flexibility index (Phi) is 5.65. The molecule has 3 nitrogen and oxygen atoms in total. The first-order valence-corrected chi connectivity index (χ1v) is 7.18. The van der Waals surface area contributed by atoms with E-state index in [2.05, 4.69) is 10.3 Å². The Morgan fingerprint density at radius 3 is 2.65 bits per heavy atom. The molecular weight excluding hydrogens is 295 g/mol. The van der Waals surface area contributed by atoms with E-state index in [0.717, 1.165) is 17.8 Å². The van der Waals surface area contributed by atoms with Gasteiger partial charge in [0.25, 0.3) is 0 Å². The minimum absolute atomic E-state index is 0.384. The Morgan fingerprint density at radius 2 is 1.90 bits per heavy atom. The van der Waals surface area contributed by atoms with Gasteiger partial charge in [-0.15, -0.1) is 0 Å². The van der Waals surface area contributed by atoms with E-state index < -0.39 is 0 Å². The predicted octanol–water partition coefficient (Wildman–Crippen LogP) is 4.08. The molecule has 0 bridgehead atoms. The van der Waals surface area contributed by atoms with E-state index >= 15 is 0 Å². The summed E-state index contributed by atoms with van der Waals surface area (Å²) in [5, 5.41) is 4.52. The van der Waals surface area contributed by atoms with E-state index in [-0.39, 0.29) is 0 Å². The van der Waals surface area contributed by atoms with Gasteiger partial charge in [-0.3, -0.25) is 0 Å². The van der Waals surface area contributed by atoms with Crippen LogP contribution < -0.4 is 10.1 Å². The quantitative estimate of drug-likeness (QED) is 0.873. The van der Waals surface area contributed by atoms with Crippen LogP contribution in [0.3, 0.4) is 0 Å². The Labute approximate surface area is 128 Å². The van der Waals surface area contributed by atoms with Crippen LogP contribution in [0.4, 0.5) is 0 Å². The van der Waals surface area contributed by atoms with E-state index in [4.69, 9.17) is 27.9 Å². The van der Waals surface area contributed by atoms with Crippen molar-refractivity contribution < 1.29 is 4.74 Å². The summed E-state index contributed by atoms with van der Waals surface area (Å²) in [7, 11) is 0. The first-order valence-electron chi connectivity index (χ1n) is 6.43. The second kappa shape index (κ2) is 7.48. The molecule has 0 fully saturated rings. The average molecular weight is 311 g/mol. The zero-order chi connectivity index (χ0) is 14.4. The zero-order valence-corrected chi connectivity index (χ0v) is 12.7. The normalized spacial score (nSPS) is 10.6. The van der Waals surface area contributed by atoms with Gasteiger partial charge in [0.05, 0.1) is 10.7 Å². The van der Waals surface area contributed by atoms with Crippen molar-refractivity contribution in [3.05, 3.63) is 57.7 Å². The van der Waals surface area contributed by atoms with Crippen molar-refractivity contribution in [2.45, 2.75) is 20.1 Å². The van der Waals surface area contributed by atoms with Gasteiger partial charge in [0.1, 0.15) is 6.61 Å². The lowest BCUT2D eigenvalue weighted by Gasteiger charge is -2.09. The molecule has 20 heavy (non-hydrogen) atoms. The van der Waals surface area contributed by atoms with Crippen LogP contribution in [-0.2, 0) is 13.2 Å². The minimum Gasteiger partial charge on any atom is -0.473 e. The summed E-state index contributed by atoms with van der Waals surface area (Å²) in [6, 6.07) is 11.1. The lowest BCUT2D eigenvalue weighted by Crippen LogP contribution is -2.13. The first-order chi connectivity index (χ1) is 9.70. The Balaban J connectivity index is 2.04. The van der Waals surface area contributed by atoms with Gasteiger partial charge in [0.15, 0.2) is 0 Å². The highest BCUT2D eigenvalue weighted by Gasteiger charge is 2.06. The number of aromatic nitrogens is 1. The molecule has 2 rings (SSSR count). The van der Waals surface area contributed by atoms with Crippen molar-refractivity contribution in [1.82, 2.24) is 10.3 Å². The number of nitrogens with zero attached hydrogens (tertiary/aromatic N) is 1. The molecule has 0 aliphatic heterocycles. The fraction of sp³-hybridized carbons (Fsp3) is 0.267. The van der Waals surface area contributed by atoms with Crippen molar-refractivity contribution in [3.63, 3.8) is 0 Å². The van der Waals surface area contributed by atoms with Crippen LogP contribution in [0.1, 0.15) is 18.2 Å². The molecule has 0 saturated heterocycles. The van der Waals surface area contributed by atoms with E-state index in [9.17, 15) is 0 Å². The molecule has 0 spiro atoms. The summed E-state index contributed by atoms with van der Waals surface area (Å²) in [5.41, 5.74) is 1.71. The van der Waals surface area contributed by atoms with Gasteiger partial charge in [-0.1, -0.05) is 48.3 Å². The van der Waals surface area contributed by atoms with Crippen LogP contribution in [0.5, 0.6) is 5.88 Å². The fourth-order valence-electron chi connectivity index (χ4n) is 1.68. The van der Waals surface area contributed by atoms with Gasteiger partial charge in [-0.25, -0.2) is 4.98 Å². The average Bonchev–Trinajstić information content (AvgIpc) is 2.46. The van der Waals surface area contributed by atoms with Crippen LogP contribution in [0.2, 0.25) is 10.0 Å². The maximum Gasteiger partial charge on any atom is 0.213 e. The largest absolute Gasteiger partial charge is 0.473 e. The summed E-state index contributed by atoms with van der Waals surface area (Å²) in [4.78, 5) is 4.39. The van der Waals surface area contributed by atoms with E-state index in [0.29, 0.717) is 29.1 Å². The Morgan fingerprint density at radius 1 is 1.10 bits per heavy atom. The second-order valence-electron chi connectivity index (χ2n) is 4.24. The van der Waals surface area contributed by atoms with Crippen LogP contribution in [-0.4, -0.2) is 11.5 Å². The van der Waals surface area contributed by atoms with Gasteiger partial charge in [0.2, 0.25) is 5.88 Å². The number of halogens is 2. The molecule has 1 aromatic carbocycles. The number of benzene rings is 1. The van der Waals surface area contributed by atoms with Crippen LogP contribution in [0.25, 0.3) is 0 Å². The standard InChI is InChI=1S/C15H16Cl2N2O/c1-2-18-9-14-13(17)7-8-15(19-14)20-10-11-5-3-4-6-12(11)16/h3-8,18H,2,9-10H2,1H3. The second-order valence-corrected chi connectivity index (χ2v) is 5.05. The van der Waals surface area contributed by atoms with E-state index in [1.807, 2.05) is 31.2 Å². The first kappa shape index (κ1) is 15.1. The van der Waals surface area contributed by atoms with Gasteiger partial charge >= 0.3 is 0 Å². The maximum absolute atomic E-state index is 6.10. The number of pyridine rings is 1. The van der Waals surface area contributed by atoms with Crippen molar-refractivity contribution in [3.8, 4) is 5.88 Å². The molecule has 0 aliphatic carbocycles. The summed E-state index contributed by atoms with van der Waals surface area (Å²) in [6.45, 7) is 3.90. The number of ether oxygens (including phenoxy) is 1. The molecule has 106 valence electrons. The highest BCUT2D eigenvalue weighted by Crippen LogP contribution is 2.20. The topological polar surface area (TPSA) is 34.2 Å². The van der Waals surface area contributed by atoms with Crippen LogP contribution in [0, 0.1) is 0 Å². The smallest absolute Gasteiger partial charge is 0.213 e. The van der Waals surface area contributed by atoms with Crippen molar-refractivity contribution in [1.29, 1.82) is 0 Å². The molecule has 1 aromatic heterocycles. The fourth-order valence-corrected chi connectivity index (χ4v) is 2.04. The maximum atomic E-state index is 6.10. The summed E-state index contributed by atoms with van der Waals surface area (Å²) >= 11 is 12.2.